The first-order chi connectivity index (χ1) is 6.20. The third-order valence-corrected chi connectivity index (χ3v) is 3.81. The number of aryl methyl sites for hydroxylation is 1. The van der Waals surface area contributed by atoms with Crippen LogP contribution in [0.15, 0.2) is 23.1 Å². The van der Waals surface area contributed by atoms with Crippen molar-refractivity contribution in [2.75, 3.05) is 6.26 Å². The lowest BCUT2D eigenvalue weighted by Crippen LogP contribution is -1.74. The molecular formula is C10H10OS2. The average molecular weight is 210 g/mol. The van der Waals surface area contributed by atoms with Gasteiger partial charge in [-0.05, 0) is 36.3 Å². The number of benzene rings is 1. The minimum Gasteiger partial charge on any atom is -0.499 e. The standard InChI is InChI=1S/C10H10OS2/c1-6-3-7-5-9(11)13-10(7)8(4-6)12-2/h3-5,11H,1-2H3. The van der Waals surface area contributed by atoms with Crippen LogP contribution in [-0.2, 0) is 0 Å². The number of thioether (sulfide) groups is 1. The Bertz CT molecular complexity index is 445. The molecule has 0 spiro atoms. The van der Waals surface area contributed by atoms with Crippen LogP contribution in [0.2, 0.25) is 0 Å². The molecule has 1 nitrogen and oxygen atoms in total. The van der Waals surface area contributed by atoms with Gasteiger partial charge in [0.2, 0.25) is 0 Å². The Kier molecular flexibility index (Phi) is 2.22. The third-order valence-electron chi connectivity index (χ3n) is 1.93. The van der Waals surface area contributed by atoms with Crippen LogP contribution in [0.5, 0.6) is 5.06 Å². The molecule has 2 rings (SSSR count). The molecule has 1 aromatic heterocycles. The molecule has 0 saturated heterocycles. The van der Waals surface area contributed by atoms with E-state index in [-0.39, 0.29) is 0 Å². The van der Waals surface area contributed by atoms with Crippen molar-refractivity contribution in [1.29, 1.82) is 0 Å². The molecule has 0 radical (unpaired) electrons. The molecule has 1 heterocycles. The zero-order valence-electron chi connectivity index (χ0n) is 7.50. The lowest BCUT2D eigenvalue weighted by atomic mass is 10.2. The summed E-state index contributed by atoms with van der Waals surface area (Å²) in [5.41, 5.74) is 1.25. The highest BCUT2D eigenvalue weighted by Gasteiger charge is 2.05. The first-order valence-corrected chi connectivity index (χ1v) is 6.02. The molecule has 0 unspecified atom stereocenters. The lowest BCUT2D eigenvalue weighted by Gasteiger charge is -1.99. The maximum atomic E-state index is 9.38. The predicted molar refractivity (Wildman–Crippen MR) is 60.0 cm³/mol. The van der Waals surface area contributed by atoms with Gasteiger partial charge in [-0.25, -0.2) is 0 Å². The summed E-state index contributed by atoms with van der Waals surface area (Å²) in [6, 6.07) is 6.08. The summed E-state index contributed by atoms with van der Waals surface area (Å²) in [6.45, 7) is 2.08. The number of thiophene rings is 1. The van der Waals surface area contributed by atoms with Crippen LogP contribution >= 0.6 is 23.1 Å². The number of hydrogen-bond acceptors (Lipinski definition) is 3. The molecule has 1 aromatic carbocycles. The summed E-state index contributed by atoms with van der Waals surface area (Å²) >= 11 is 3.17. The molecule has 2 aromatic rings. The normalized spacial score (nSPS) is 10.9. The molecular weight excluding hydrogens is 200 g/mol. The maximum Gasteiger partial charge on any atom is 0.172 e. The van der Waals surface area contributed by atoms with Gasteiger partial charge in [0.15, 0.2) is 5.06 Å². The fourth-order valence-electron chi connectivity index (χ4n) is 1.40. The van der Waals surface area contributed by atoms with Crippen LogP contribution in [0.4, 0.5) is 0 Å². The Morgan fingerprint density at radius 1 is 1.31 bits per heavy atom. The zero-order valence-corrected chi connectivity index (χ0v) is 9.13. The van der Waals surface area contributed by atoms with Gasteiger partial charge in [0.05, 0.1) is 4.70 Å². The fraction of sp³-hybridized carbons (Fsp3) is 0.200. The van der Waals surface area contributed by atoms with E-state index in [2.05, 4.69) is 25.3 Å². The summed E-state index contributed by atoms with van der Waals surface area (Å²) < 4.78 is 1.19. The molecule has 0 aliphatic rings. The average Bonchev–Trinajstić information content (AvgIpc) is 2.43. The molecule has 68 valence electrons. The summed E-state index contributed by atoms with van der Waals surface area (Å²) in [4.78, 5) is 1.25. The Balaban J connectivity index is 2.80. The molecule has 0 aliphatic carbocycles. The van der Waals surface area contributed by atoms with Crippen LogP contribution in [0.1, 0.15) is 5.56 Å². The van der Waals surface area contributed by atoms with Gasteiger partial charge in [0.25, 0.3) is 0 Å². The Morgan fingerprint density at radius 2 is 2.08 bits per heavy atom. The van der Waals surface area contributed by atoms with Gasteiger partial charge >= 0.3 is 0 Å². The second-order valence-electron chi connectivity index (χ2n) is 2.97. The van der Waals surface area contributed by atoms with Crippen LogP contribution in [0.25, 0.3) is 10.1 Å². The van der Waals surface area contributed by atoms with Gasteiger partial charge in [-0.2, -0.15) is 0 Å². The van der Waals surface area contributed by atoms with Crippen LogP contribution < -0.4 is 0 Å². The molecule has 0 bridgehead atoms. The SMILES string of the molecule is CSc1cc(C)cc2cc(O)sc12. The summed E-state index contributed by atoms with van der Waals surface area (Å²) in [6.07, 6.45) is 2.06. The highest BCUT2D eigenvalue weighted by atomic mass is 32.2. The molecule has 0 aliphatic heterocycles. The van der Waals surface area contributed by atoms with E-state index in [1.807, 2.05) is 6.07 Å². The predicted octanol–water partition coefficient (Wildman–Crippen LogP) is 3.64. The van der Waals surface area contributed by atoms with Gasteiger partial charge in [-0.1, -0.05) is 17.4 Å². The van der Waals surface area contributed by atoms with E-state index in [0.717, 1.165) is 5.39 Å². The Morgan fingerprint density at radius 3 is 2.77 bits per heavy atom. The topological polar surface area (TPSA) is 20.2 Å². The quantitative estimate of drug-likeness (QED) is 0.725. The van der Waals surface area contributed by atoms with E-state index >= 15 is 0 Å². The highest BCUT2D eigenvalue weighted by molar-refractivity contribution is 7.99. The van der Waals surface area contributed by atoms with Crippen molar-refractivity contribution < 1.29 is 5.11 Å². The van der Waals surface area contributed by atoms with E-state index in [4.69, 9.17) is 0 Å². The monoisotopic (exact) mass is 210 g/mol. The lowest BCUT2D eigenvalue weighted by molar-refractivity contribution is 0.491. The van der Waals surface area contributed by atoms with Gasteiger partial charge in [0, 0.05) is 4.90 Å². The third kappa shape index (κ3) is 1.54. The number of hydrogen-bond donors (Lipinski definition) is 1. The molecule has 3 heteroatoms. The van der Waals surface area contributed by atoms with Crippen molar-refractivity contribution in [2.45, 2.75) is 11.8 Å². The molecule has 0 fully saturated rings. The van der Waals surface area contributed by atoms with Gasteiger partial charge in [-0.3, -0.25) is 0 Å². The van der Waals surface area contributed by atoms with Crippen molar-refractivity contribution in [3.63, 3.8) is 0 Å². The minimum absolute atomic E-state index is 0.399. The summed E-state index contributed by atoms with van der Waals surface area (Å²) in [5, 5.41) is 10.9. The van der Waals surface area contributed by atoms with Crippen LogP contribution in [-0.4, -0.2) is 11.4 Å². The van der Waals surface area contributed by atoms with Gasteiger partial charge in [0.1, 0.15) is 0 Å². The molecule has 13 heavy (non-hydrogen) atoms. The number of aromatic hydroxyl groups is 1. The first-order valence-electron chi connectivity index (χ1n) is 3.98. The molecule has 0 saturated carbocycles. The van der Waals surface area contributed by atoms with Crippen molar-refractivity contribution in [1.82, 2.24) is 0 Å². The van der Waals surface area contributed by atoms with Gasteiger partial charge < -0.3 is 5.11 Å². The zero-order chi connectivity index (χ0) is 9.42. The largest absolute Gasteiger partial charge is 0.499 e. The second kappa shape index (κ2) is 3.24. The smallest absolute Gasteiger partial charge is 0.172 e. The van der Waals surface area contributed by atoms with E-state index in [1.54, 1.807) is 11.8 Å². The Labute approximate surface area is 85.4 Å². The Hall–Kier alpha value is -0.670. The minimum atomic E-state index is 0.399. The maximum absolute atomic E-state index is 9.38. The first kappa shape index (κ1) is 8.91. The summed E-state index contributed by atoms with van der Waals surface area (Å²) in [7, 11) is 0. The van der Waals surface area contributed by atoms with E-state index in [9.17, 15) is 5.11 Å². The van der Waals surface area contributed by atoms with Crippen molar-refractivity contribution >= 4 is 33.2 Å². The molecule has 0 amide bonds. The molecule has 1 N–H and O–H groups in total. The highest BCUT2D eigenvalue weighted by Crippen LogP contribution is 2.37. The van der Waals surface area contributed by atoms with E-state index in [0.29, 0.717) is 5.06 Å². The number of fused-ring (bicyclic) bond motifs is 1. The van der Waals surface area contributed by atoms with Crippen molar-refractivity contribution in [3.05, 3.63) is 23.8 Å². The van der Waals surface area contributed by atoms with Crippen LogP contribution in [0, 0.1) is 6.92 Å². The fourth-order valence-corrected chi connectivity index (χ4v) is 3.17. The van der Waals surface area contributed by atoms with Crippen LogP contribution in [0.3, 0.4) is 0 Å². The number of rotatable bonds is 1. The van der Waals surface area contributed by atoms with Gasteiger partial charge in [-0.15, -0.1) is 11.8 Å². The summed E-state index contributed by atoms with van der Waals surface area (Å²) in [5.74, 6) is 0. The van der Waals surface area contributed by atoms with Crippen molar-refractivity contribution in [2.24, 2.45) is 0 Å². The second-order valence-corrected chi connectivity index (χ2v) is 4.85. The van der Waals surface area contributed by atoms with E-state index < -0.39 is 0 Å². The van der Waals surface area contributed by atoms with Crippen molar-refractivity contribution in [3.8, 4) is 5.06 Å². The van der Waals surface area contributed by atoms with E-state index in [1.165, 1.54) is 26.5 Å². The molecule has 0 atom stereocenters.